The fourth-order valence-electron chi connectivity index (χ4n) is 4.88. The topological polar surface area (TPSA) is 96.6 Å². The first kappa shape index (κ1) is 25.2. The Hall–Kier alpha value is -3.46. The van der Waals surface area contributed by atoms with Gasteiger partial charge in [0.15, 0.2) is 0 Å². The minimum atomic E-state index is -4.75. The van der Waals surface area contributed by atoms with Crippen LogP contribution in [0.5, 0.6) is 0 Å². The van der Waals surface area contributed by atoms with Gasteiger partial charge in [-0.15, -0.1) is 0 Å². The average molecular weight is 531 g/mol. The smallest absolute Gasteiger partial charge is 0.390 e. The lowest BCUT2D eigenvalue weighted by molar-refractivity contribution is -0.144. The maximum atomic E-state index is 13.5. The molecule has 0 aliphatic carbocycles. The van der Waals surface area contributed by atoms with Crippen molar-refractivity contribution in [2.24, 2.45) is 0 Å². The number of nitriles is 1. The van der Waals surface area contributed by atoms with Crippen molar-refractivity contribution in [2.45, 2.75) is 18.3 Å². The summed E-state index contributed by atoms with van der Waals surface area (Å²) in [6.45, 7) is 2.23. The van der Waals surface area contributed by atoms with Crippen molar-refractivity contribution in [3.05, 3.63) is 64.4 Å². The number of nitrogens with zero attached hydrogens (tertiary/aromatic N) is 6. The van der Waals surface area contributed by atoms with Gasteiger partial charge in [0.1, 0.15) is 5.82 Å². The Balaban J connectivity index is 1.34. The van der Waals surface area contributed by atoms with Crippen LogP contribution in [0.3, 0.4) is 0 Å². The zero-order chi connectivity index (χ0) is 26.3. The first-order chi connectivity index (χ1) is 17.6. The normalized spacial score (nSPS) is 20.9. The third kappa shape index (κ3) is 5.05. The number of aliphatic hydroxyl groups is 1. The molecule has 0 saturated carbocycles. The number of carbonyl (C=O) groups is 1. The van der Waals surface area contributed by atoms with E-state index in [-0.39, 0.29) is 41.9 Å². The summed E-state index contributed by atoms with van der Waals surface area (Å²) in [7, 11) is 0. The van der Waals surface area contributed by atoms with E-state index < -0.39 is 18.1 Å². The van der Waals surface area contributed by atoms with E-state index in [1.165, 1.54) is 18.2 Å². The maximum Gasteiger partial charge on any atom is 0.451 e. The number of halogens is 4. The van der Waals surface area contributed by atoms with Crippen molar-refractivity contribution in [3.8, 4) is 6.07 Å². The Kier molecular flexibility index (Phi) is 6.66. The number of anilines is 1. The molecule has 1 amide bonds. The summed E-state index contributed by atoms with van der Waals surface area (Å²) in [4.78, 5) is 25.7. The molecule has 2 aromatic carbocycles. The van der Waals surface area contributed by atoms with E-state index in [0.717, 1.165) is 0 Å². The molecule has 12 heteroatoms. The van der Waals surface area contributed by atoms with Crippen molar-refractivity contribution in [1.29, 1.82) is 5.26 Å². The number of benzene rings is 2. The van der Waals surface area contributed by atoms with Gasteiger partial charge >= 0.3 is 6.18 Å². The summed E-state index contributed by atoms with van der Waals surface area (Å²) in [6, 6.07) is 12.5. The van der Waals surface area contributed by atoms with Gasteiger partial charge in [0.25, 0.3) is 5.91 Å². The van der Waals surface area contributed by atoms with Crippen LogP contribution in [0, 0.1) is 11.3 Å². The Morgan fingerprint density at radius 1 is 1.05 bits per heavy atom. The lowest BCUT2D eigenvalue weighted by Gasteiger charge is -2.38. The zero-order valence-corrected chi connectivity index (χ0v) is 20.2. The third-order valence-corrected chi connectivity index (χ3v) is 7.03. The molecule has 0 unspecified atom stereocenters. The van der Waals surface area contributed by atoms with Crippen molar-refractivity contribution in [1.82, 2.24) is 19.8 Å². The lowest BCUT2D eigenvalue weighted by Crippen LogP contribution is -2.54. The van der Waals surface area contributed by atoms with Gasteiger partial charge in [-0.05, 0) is 42.5 Å². The van der Waals surface area contributed by atoms with Crippen LogP contribution in [-0.2, 0) is 6.18 Å². The van der Waals surface area contributed by atoms with Crippen molar-refractivity contribution in [2.75, 3.05) is 44.2 Å². The molecular formula is C25H22ClF3N6O2. The van der Waals surface area contributed by atoms with E-state index in [4.69, 9.17) is 11.6 Å². The van der Waals surface area contributed by atoms with Crippen LogP contribution in [0.4, 0.5) is 19.0 Å². The summed E-state index contributed by atoms with van der Waals surface area (Å²) >= 11 is 5.90. The van der Waals surface area contributed by atoms with Gasteiger partial charge < -0.3 is 14.9 Å². The molecular weight excluding hydrogens is 509 g/mol. The lowest BCUT2D eigenvalue weighted by atomic mass is 10.1. The van der Waals surface area contributed by atoms with E-state index in [9.17, 15) is 28.3 Å². The zero-order valence-electron chi connectivity index (χ0n) is 19.5. The van der Waals surface area contributed by atoms with E-state index in [0.29, 0.717) is 42.2 Å². The maximum absolute atomic E-state index is 13.5. The van der Waals surface area contributed by atoms with Gasteiger partial charge in [-0.3, -0.25) is 9.69 Å². The van der Waals surface area contributed by atoms with E-state index in [2.05, 4.69) is 9.97 Å². The highest BCUT2D eigenvalue weighted by molar-refractivity contribution is 6.30. The molecule has 2 atom stereocenters. The van der Waals surface area contributed by atoms with Crippen LogP contribution < -0.4 is 4.90 Å². The van der Waals surface area contributed by atoms with Crippen LogP contribution >= 0.6 is 11.6 Å². The minimum absolute atomic E-state index is 0.0347. The fraction of sp³-hybridized carbons (Fsp3) is 0.360. The molecule has 0 spiro atoms. The molecule has 8 nitrogen and oxygen atoms in total. The number of hydrogen-bond acceptors (Lipinski definition) is 7. The monoisotopic (exact) mass is 530 g/mol. The molecule has 3 aromatic rings. The summed E-state index contributed by atoms with van der Waals surface area (Å²) in [5, 5.41) is 21.0. The van der Waals surface area contributed by atoms with Gasteiger partial charge in [-0.2, -0.15) is 18.4 Å². The number of carbonyl (C=O) groups excluding carboxylic acids is 1. The highest BCUT2D eigenvalue weighted by Crippen LogP contribution is 2.34. The predicted molar refractivity (Wildman–Crippen MR) is 130 cm³/mol. The number of aromatic nitrogens is 2. The second-order valence-corrected chi connectivity index (χ2v) is 9.52. The second-order valence-electron chi connectivity index (χ2n) is 9.09. The van der Waals surface area contributed by atoms with Crippen LogP contribution in [0.2, 0.25) is 5.02 Å². The van der Waals surface area contributed by atoms with E-state index >= 15 is 0 Å². The Bertz CT molecular complexity index is 1370. The van der Waals surface area contributed by atoms with E-state index in [1.807, 2.05) is 11.0 Å². The summed E-state index contributed by atoms with van der Waals surface area (Å²) < 4.78 is 40.6. The molecule has 1 N–H and O–H groups in total. The summed E-state index contributed by atoms with van der Waals surface area (Å²) in [5.41, 5.74) is 0.885. The van der Waals surface area contributed by atoms with Gasteiger partial charge in [0.2, 0.25) is 5.82 Å². The molecule has 0 bridgehead atoms. The highest BCUT2D eigenvalue weighted by Gasteiger charge is 2.40. The summed E-state index contributed by atoms with van der Waals surface area (Å²) in [6.07, 6.45) is -5.58. The van der Waals surface area contributed by atoms with Crippen molar-refractivity contribution in [3.63, 3.8) is 0 Å². The van der Waals surface area contributed by atoms with Crippen LogP contribution in [-0.4, -0.2) is 82.2 Å². The highest BCUT2D eigenvalue weighted by atomic mass is 35.5. The summed E-state index contributed by atoms with van der Waals surface area (Å²) in [5.74, 6) is -1.34. The predicted octanol–water partition coefficient (Wildman–Crippen LogP) is 3.18. The molecule has 3 heterocycles. The number of alkyl halides is 3. The van der Waals surface area contributed by atoms with Crippen molar-refractivity contribution >= 4 is 34.2 Å². The molecule has 2 saturated heterocycles. The van der Waals surface area contributed by atoms with Gasteiger partial charge in [-0.1, -0.05) is 11.6 Å². The molecule has 2 aliphatic rings. The quantitative estimate of drug-likeness (QED) is 0.555. The fourth-order valence-corrected chi connectivity index (χ4v) is 5.01. The molecule has 2 aliphatic heterocycles. The largest absolute Gasteiger partial charge is 0.451 e. The molecule has 5 rings (SSSR count). The Morgan fingerprint density at radius 2 is 1.76 bits per heavy atom. The molecule has 2 fully saturated rings. The first-order valence-corrected chi connectivity index (χ1v) is 12.0. The molecule has 37 heavy (non-hydrogen) atoms. The minimum Gasteiger partial charge on any atom is -0.390 e. The van der Waals surface area contributed by atoms with Crippen LogP contribution in [0.15, 0.2) is 42.5 Å². The number of β-amino-alcohol motifs (C(OH)–C–C–N with tert-alkyl or cyclic N) is 1. The SMILES string of the molecule is N#Cc1ccc2nc(C(F)(F)F)nc(N3C[C@H](O)[C@@H](N4CCN(C(=O)c5ccc(Cl)cc5)CC4)C3)c2c1. The van der Waals surface area contributed by atoms with Gasteiger partial charge in [0.05, 0.1) is 29.3 Å². The van der Waals surface area contributed by atoms with E-state index in [1.54, 1.807) is 34.1 Å². The number of fused-ring (bicyclic) bond motifs is 1. The standard InChI is InChI=1S/C25H22ClF3N6O2/c26-17-4-2-16(3-5-17)23(37)34-9-7-33(8-10-34)20-13-35(14-21(20)36)22-18-11-15(12-30)1-6-19(18)31-24(32-22)25(27,28)29/h1-6,11,20-21,36H,7-10,13-14H2/t20-,21-/m0/s1. The molecule has 1 aromatic heterocycles. The van der Waals surface area contributed by atoms with Crippen molar-refractivity contribution < 1.29 is 23.1 Å². The number of piperazine rings is 1. The number of amides is 1. The number of rotatable bonds is 3. The second kappa shape index (κ2) is 9.78. The Labute approximate surface area is 215 Å². The van der Waals surface area contributed by atoms with Gasteiger partial charge in [0, 0.05) is 55.2 Å². The molecule has 0 radical (unpaired) electrons. The average Bonchev–Trinajstić information content (AvgIpc) is 3.28. The number of hydrogen-bond donors (Lipinski definition) is 1. The van der Waals surface area contributed by atoms with Crippen LogP contribution in [0.25, 0.3) is 10.9 Å². The molecule has 192 valence electrons. The van der Waals surface area contributed by atoms with Crippen LogP contribution in [0.1, 0.15) is 21.7 Å². The Morgan fingerprint density at radius 3 is 2.41 bits per heavy atom. The third-order valence-electron chi connectivity index (χ3n) is 6.78. The number of aliphatic hydroxyl groups excluding tert-OH is 1. The first-order valence-electron chi connectivity index (χ1n) is 11.6. The van der Waals surface area contributed by atoms with Gasteiger partial charge in [-0.25, -0.2) is 9.97 Å².